The first-order valence-corrected chi connectivity index (χ1v) is 7.61. The molecule has 1 fully saturated rings. The molecule has 2 heterocycles. The summed E-state index contributed by atoms with van der Waals surface area (Å²) in [6.07, 6.45) is 1.72. The lowest BCUT2D eigenvalue weighted by atomic mass is 9.99. The van der Waals surface area contributed by atoms with Gasteiger partial charge in [0.15, 0.2) is 0 Å². The first-order valence-electron chi connectivity index (χ1n) is 6.00. The third-order valence-electron chi connectivity index (χ3n) is 3.49. The minimum Gasteiger partial charge on any atom is -0.312 e. The molecule has 0 radical (unpaired) electrons. The van der Waals surface area contributed by atoms with Crippen LogP contribution in [0, 0.1) is 0 Å². The summed E-state index contributed by atoms with van der Waals surface area (Å²) in [6.45, 7) is 2.37. The normalized spacial score (nSPS) is 22.5. The second kappa shape index (κ2) is 3.99. The molecule has 2 aliphatic heterocycles. The van der Waals surface area contributed by atoms with Gasteiger partial charge in [-0.1, -0.05) is 12.1 Å². The Hall–Kier alpha value is -1.07. The zero-order chi connectivity index (χ0) is 11.9. The van der Waals surface area contributed by atoms with Crippen molar-refractivity contribution in [1.29, 1.82) is 0 Å². The monoisotopic (exact) mass is 252 g/mol. The van der Waals surface area contributed by atoms with Crippen molar-refractivity contribution in [2.75, 3.05) is 23.1 Å². The molecule has 3 rings (SSSR count). The van der Waals surface area contributed by atoms with Crippen molar-refractivity contribution in [3.8, 4) is 0 Å². The Morgan fingerprint density at radius 2 is 2.18 bits per heavy atom. The summed E-state index contributed by atoms with van der Waals surface area (Å²) in [5.74, 6) is 0.282. The molecule has 0 bridgehead atoms. The van der Waals surface area contributed by atoms with Gasteiger partial charge in [-0.3, -0.25) is 4.31 Å². The van der Waals surface area contributed by atoms with E-state index in [0.717, 1.165) is 37.2 Å². The fraction of sp³-hybridized carbons (Fsp3) is 0.500. The first-order chi connectivity index (χ1) is 8.18. The number of fused-ring (bicyclic) bond motifs is 1. The predicted molar refractivity (Wildman–Crippen MR) is 67.6 cm³/mol. The number of rotatable bonds is 1. The molecule has 1 N–H and O–H groups in total. The summed E-state index contributed by atoms with van der Waals surface area (Å²) in [5, 5.41) is 3.31. The predicted octanol–water partition coefficient (Wildman–Crippen LogP) is 0.872. The van der Waals surface area contributed by atoms with Crippen LogP contribution < -0.4 is 9.62 Å². The maximum absolute atomic E-state index is 12.0. The van der Waals surface area contributed by atoms with E-state index < -0.39 is 10.0 Å². The summed E-state index contributed by atoms with van der Waals surface area (Å²) in [7, 11) is -3.07. The van der Waals surface area contributed by atoms with Crippen LogP contribution in [0.3, 0.4) is 0 Å². The second-order valence-electron chi connectivity index (χ2n) is 4.58. The van der Waals surface area contributed by atoms with Crippen LogP contribution in [0.4, 0.5) is 5.69 Å². The maximum atomic E-state index is 12.0. The van der Waals surface area contributed by atoms with Gasteiger partial charge in [0.2, 0.25) is 10.0 Å². The highest BCUT2D eigenvalue weighted by Crippen LogP contribution is 2.31. The van der Waals surface area contributed by atoms with Crippen LogP contribution in [0.25, 0.3) is 0 Å². The van der Waals surface area contributed by atoms with Gasteiger partial charge in [0, 0.05) is 13.1 Å². The molecule has 0 aliphatic carbocycles. The third-order valence-corrected chi connectivity index (χ3v) is 5.34. The van der Waals surface area contributed by atoms with Gasteiger partial charge in [-0.15, -0.1) is 0 Å². The van der Waals surface area contributed by atoms with Crippen LogP contribution >= 0.6 is 0 Å². The Morgan fingerprint density at radius 1 is 1.29 bits per heavy atom. The average molecular weight is 252 g/mol. The van der Waals surface area contributed by atoms with Crippen molar-refractivity contribution in [3.05, 3.63) is 29.3 Å². The van der Waals surface area contributed by atoms with E-state index in [2.05, 4.69) is 11.4 Å². The number of sulfonamides is 1. The van der Waals surface area contributed by atoms with E-state index in [9.17, 15) is 8.42 Å². The van der Waals surface area contributed by atoms with E-state index in [4.69, 9.17) is 0 Å². The lowest BCUT2D eigenvalue weighted by Crippen LogP contribution is -2.30. The second-order valence-corrected chi connectivity index (χ2v) is 6.60. The Morgan fingerprint density at radius 3 is 2.94 bits per heavy atom. The van der Waals surface area contributed by atoms with Crippen molar-refractivity contribution in [2.24, 2.45) is 0 Å². The SMILES string of the molecule is O=S1(=O)CCCN1c1cccc2c1CNCC2. The Labute approximate surface area is 102 Å². The number of benzene rings is 1. The lowest BCUT2D eigenvalue weighted by Gasteiger charge is -2.25. The number of hydrogen-bond acceptors (Lipinski definition) is 3. The van der Waals surface area contributed by atoms with Gasteiger partial charge in [0.1, 0.15) is 0 Å². The van der Waals surface area contributed by atoms with Crippen LogP contribution in [0.5, 0.6) is 0 Å². The molecule has 1 aromatic rings. The van der Waals surface area contributed by atoms with Gasteiger partial charge < -0.3 is 5.32 Å². The maximum Gasteiger partial charge on any atom is 0.235 e. The van der Waals surface area contributed by atoms with E-state index in [0.29, 0.717) is 6.54 Å². The minimum absolute atomic E-state index is 0.282. The van der Waals surface area contributed by atoms with Gasteiger partial charge in [0.05, 0.1) is 11.4 Å². The van der Waals surface area contributed by atoms with E-state index in [1.165, 1.54) is 5.56 Å². The molecule has 0 amide bonds. The standard InChI is InChI=1S/C12H16N2O2S/c15-17(16)8-2-7-14(17)12-4-1-3-10-5-6-13-9-11(10)12/h1,3-4,13H,2,5-9H2. The molecule has 0 saturated carbocycles. The number of nitrogens with zero attached hydrogens (tertiary/aromatic N) is 1. The molecule has 0 spiro atoms. The van der Waals surface area contributed by atoms with Crippen molar-refractivity contribution in [3.63, 3.8) is 0 Å². The van der Waals surface area contributed by atoms with Crippen molar-refractivity contribution in [1.82, 2.24) is 5.32 Å². The van der Waals surface area contributed by atoms with Crippen LogP contribution in [0.15, 0.2) is 18.2 Å². The van der Waals surface area contributed by atoms with E-state index in [1.54, 1.807) is 4.31 Å². The largest absolute Gasteiger partial charge is 0.312 e. The van der Waals surface area contributed by atoms with Crippen LogP contribution in [0.1, 0.15) is 17.5 Å². The summed E-state index contributed by atoms with van der Waals surface area (Å²) in [5.41, 5.74) is 3.32. The van der Waals surface area contributed by atoms with Crippen LogP contribution in [-0.2, 0) is 23.0 Å². The molecular formula is C12H16N2O2S. The smallest absolute Gasteiger partial charge is 0.235 e. The zero-order valence-corrected chi connectivity index (χ0v) is 10.5. The van der Waals surface area contributed by atoms with E-state index in [1.807, 2.05) is 12.1 Å². The van der Waals surface area contributed by atoms with Crippen molar-refractivity contribution < 1.29 is 8.42 Å². The molecule has 0 unspecified atom stereocenters. The Balaban J connectivity index is 2.09. The fourth-order valence-corrected chi connectivity index (χ4v) is 4.23. The highest BCUT2D eigenvalue weighted by atomic mass is 32.2. The van der Waals surface area contributed by atoms with Gasteiger partial charge in [-0.2, -0.15) is 0 Å². The molecule has 5 heteroatoms. The highest BCUT2D eigenvalue weighted by Gasteiger charge is 2.30. The van der Waals surface area contributed by atoms with Gasteiger partial charge in [0.25, 0.3) is 0 Å². The molecular weight excluding hydrogens is 236 g/mol. The minimum atomic E-state index is -3.07. The van der Waals surface area contributed by atoms with Crippen molar-refractivity contribution >= 4 is 15.7 Å². The molecule has 0 aromatic heterocycles. The summed E-state index contributed by atoms with van der Waals surface area (Å²) >= 11 is 0. The summed E-state index contributed by atoms with van der Waals surface area (Å²) in [6, 6.07) is 5.99. The molecule has 4 nitrogen and oxygen atoms in total. The van der Waals surface area contributed by atoms with E-state index in [-0.39, 0.29) is 5.75 Å². The molecule has 2 aliphatic rings. The molecule has 1 saturated heterocycles. The van der Waals surface area contributed by atoms with Gasteiger partial charge >= 0.3 is 0 Å². The Kier molecular flexibility index (Phi) is 2.60. The molecule has 1 aromatic carbocycles. The molecule has 92 valence electrons. The van der Waals surface area contributed by atoms with E-state index >= 15 is 0 Å². The van der Waals surface area contributed by atoms with Crippen LogP contribution in [-0.4, -0.2) is 27.3 Å². The summed E-state index contributed by atoms with van der Waals surface area (Å²) < 4.78 is 25.5. The van der Waals surface area contributed by atoms with Gasteiger partial charge in [-0.05, 0) is 36.6 Å². The first kappa shape index (κ1) is 11.0. The zero-order valence-electron chi connectivity index (χ0n) is 9.65. The Bertz CT molecular complexity index is 539. The molecule has 17 heavy (non-hydrogen) atoms. The highest BCUT2D eigenvalue weighted by molar-refractivity contribution is 7.93. The molecule has 0 atom stereocenters. The average Bonchev–Trinajstić information content (AvgIpc) is 2.68. The fourth-order valence-electron chi connectivity index (χ4n) is 2.64. The summed E-state index contributed by atoms with van der Waals surface area (Å²) in [4.78, 5) is 0. The van der Waals surface area contributed by atoms with Crippen LogP contribution in [0.2, 0.25) is 0 Å². The third kappa shape index (κ3) is 1.83. The number of anilines is 1. The number of hydrogen-bond donors (Lipinski definition) is 1. The van der Waals surface area contributed by atoms with Gasteiger partial charge in [-0.25, -0.2) is 8.42 Å². The topological polar surface area (TPSA) is 49.4 Å². The van der Waals surface area contributed by atoms with Crippen molar-refractivity contribution in [2.45, 2.75) is 19.4 Å². The lowest BCUT2D eigenvalue weighted by molar-refractivity contribution is 0.598. The number of nitrogens with one attached hydrogen (secondary N) is 1. The quantitative estimate of drug-likeness (QED) is 0.807.